The highest BCUT2D eigenvalue weighted by atomic mass is 19.2. The van der Waals surface area contributed by atoms with Crippen LogP contribution in [0.4, 0.5) is 13.2 Å². The third-order valence-electron chi connectivity index (χ3n) is 8.11. The van der Waals surface area contributed by atoms with Crippen LogP contribution < -0.4 is 0 Å². The van der Waals surface area contributed by atoms with Crippen LogP contribution in [0.25, 0.3) is 11.3 Å². The van der Waals surface area contributed by atoms with Gasteiger partial charge in [0.05, 0.1) is 43.5 Å². The van der Waals surface area contributed by atoms with Crippen LogP contribution in [0.5, 0.6) is 0 Å². The number of aromatic nitrogens is 5. The summed E-state index contributed by atoms with van der Waals surface area (Å²) >= 11 is 0. The molecular formula is C27H33F3N6O6. The van der Waals surface area contributed by atoms with Gasteiger partial charge < -0.3 is 34.7 Å². The molecule has 1 amide bonds. The second kappa shape index (κ2) is 12.5. The van der Waals surface area contributed by atoms with Crippen LogP contribution in [0.1, 0.15) is 43.1 Å². The summed E-state index contributed by atoms with van der Waals surface area (Å²) in [7, 11) is 1.31. The Morgan fingerprint density at radius 1 is 1.21 bits per heavy atom. The van der Waals surface area contributed by atoms with Crippen molar-refractivity contribution in [2.75, 3.05) is 13.7 Å². The Hall–Kier alpha value is -3.37. The SMILES string of the molecule is CO[C@@H]1[C@@H](n2cc(-c3cc(F)c(F)c(F)c3)nn2)[C@@H](O)[C@@H](CO)O[C@H]1C(=O)N(Cc1nc[nH]c1C)[C@H]1CCCC[C@@H]1O. The first-order valence-electron chi connectivity index (χ1n) is 13.7. The van der Waals surface area contributed by atoms with E-state index in [9.17, 15) is 33.3 Å². The molecule has 1 aliphatic heterocycles. The molecule has 7 atom stereocenters. The lowest BCUT2D eigenvalue weighted by atomic mass is 9.88. The van der Waals surface area contributed by atoms with Gasteiger partial charge in [0.25, 0.3) is 5.91 Å². The molecule has 1 saturated heterocycles. The monoisotopic (exact) mass is 594 g/mol. The molecule has 1 aliphatic carbocycles. The van der Waals surface area contributed by atoms with Crippen molar-refractivity contribution in [3.8, 4) is 11.3 Å². The van der Waals surface area contributed by atoms with Crippen LogP contribution in [0.3, 0.4) is 0 Å². The summed E-state index contributed by atoms with van der Waals surface area (Å²) in [6.07, 6.45) is -0.535. The minimum Gasteiger partial charge on any atom is -0.394 e. The number of methoxy groups -OCH3 is 1. The highest BCUT2D eigenvalue weighted by Gasteiger charge is 2.51. The van der Waals surface area contributed by atoms with Gasteiger partial charge in [-0.2, -0.15) is 0 Å². The van der Waals surface area contributed by atoms with Crippen molar-refractivity contribution in [2.24, 2.45) is 0 Å². The van der Waals surface area contributed by atoms with E-state index in [2.05, 4.69) is 20.3 Å². The van der Waals surface area contributed by atoms with Gasteiger partial charge in [-0.1, -0.05) is 18.1 Å². The van der Waals surface area contributed by atoms with Gasteiger partial charge in [0, 0.05) is 18.4 Å². The Kier molecular flexibility index (Phi) is 8.94. The summed E-state index contributed by atoms with van der Waals surface area (Å²) in [5.74, 6) is -5.00. The number of carbonyl (C=O) groups is 1. The maximum absolute atomic E-state index is 14.3. The highest BCUT2D eigenvalue weighted by Crippen LogP contribution is 2.35. The third kappa shape index (κ3) is 5.66. The average Bonchev–Trinajstić information content (AvgIpc) is 3.63. The van der Waals surface area contributed by atoms with Crippen molar-refractivity contribution in [2.45, 2.75) is 81.8 Å². The molecule has 1 aromatic carbocycles. The Morgan fingerprint density at radius 3 is 2.55 bits per heavy atom. The fourth-order valence-corrected chi connectivity index (χ4v) is 5.80. The number of H-pyrrole nitrogens is 1. The number of benzene rings is 1. The van der Waals surface area contributed by atoms with E-state index in [0.717, 1.165) is 35.4 Å². The molecule has 42 heavy (non-hydrogen) atoms. The number of hydrogen-bond donors (Lipinski definition) is 4. The third-order valence-corrected chi connectivity index (χ3v) is 8.11. The molecule has 4 N–H and O–H groups in total. The van der Waals surface area contributed by atoms with Crippen molar-refractivity contribution in [1.29, 1.82) is 0 Å². The highest BCUT2D eigenvalue weighted by molar-refractivity contribution is 5.82. The Balaban J connectivity index is 1.50. The first-order chi connectivity index (χ1) is 20.1. The predicted molar refractivity (Wildman–Crippen MR) is 139 cm³/mol. The average molecular weight is 595 g/mol. The van der Waals surface area contributed by atoms with E-state index >= 15 is 0 Å². The largest absolute Gasteiger partial charge is 0.394 e. The van der Waals surface area contributed by atoms with Crippen LogP contribution in [0.2, 0.25) is 0 Å². The molecule has 1 saturated carbocycles. The van der Waals surface area contributed by atoms with Crippen molar-refractivity contribution >= 4 is 5.91 Å². The first kappa shape index (κ1) is 30.1. The molecule has 12 nitrogen and oxygen atoms in total. The summed E-state index contributed by atoms with van der Waals surface area (Å²) in [5.41, 5.74) is 1.20. The van der Waals surface area contributed by atoms with E-state index < -0.39 is 72.6 Å². The Bertz CT molecular complexity index is 1380. The maximum atomic E-state index is 14.3. The fourth-order valence-electron chi connectivity index (χ4n) is 5.80. The zero-order valence-electron chi connectivity index (χ0n) is 23.0. The number of aliphatic hydroxyl groups excluding tert-OH is 3. The second-order valence-corrected chi connectivity index (χ2v) is 10.7. The number of amides is 1. The molecular weight excluding hydrogens is 561 g/mol. The summed E-state index contributed by atoms with van der Waals surface area (Å²) < 4.78 is 54.0. The van der Waals surface area contributed by atoms with Crippen molar-refractivity contribution in [3.05, 3.63) is 53.5 Å². The molecule has 0 bridgehead atoms. The summed E-state index contributed by atoms with van der Waals surface area (Å²) in [4.78, 5) is 23.1. The van der Waals surface area contributed by atoms with Crippen LogP contribution in [-0.4, -0.2) is 101 Å². The van der Waals surface area contributed by atoms with E-state index in [1.165, 1.54) is 24.5 Å². The summed E-state index contributed by atoms with van der Waals surface area (Å²) in [6, 6.07) is -0.165. The Morgan fingerprint density at radius 2 is 1.93 bits per heavy atom. The maximum Gasteiger partial charge on any atom is 0.255 e. The van der Waals surface area contributed by atoms with Gasteiger partial charge in [-0.05, 0) is 31.9 Å². The normalized spacial score (nSPS) is 28.1. The van der Waals surface area contributed by atoms with Crippen molar-refractivity contribution < 1.29 is 42.8 Å². The van der Waals surface area contributed by atoms with Crippen molar-refractivity contribution in [1.82, 2.24) is 29.9 Å². The minimum atomic E-state index is -1.63. The number of aromatic amines is 1. The minimum absolute atomic E-state index is 0.0364. The number of ether oxygens (including phenoxy) is 2. The van der Waals surface area contributed by atoms with Gasteiger partial charge in [0.1, 0.15) is 30.0 Å². The number of nitrogens with zero attached hydrogens (tertiary/aromatic N) is 5. The predicted octanol–water partition coefficient (Wildman–Crippen LogP) is 1.40. The molecule has 2 aromatic heterocycles. The topological polar surface area (TPSA) is 159 Å². The number of carbonyl (C=O) groups excluding carboxylic acids is 1. The van der Waals surface area contributed by atoms with Gasteiger partial charge >= 0.3 is 0 Å². The van der Waals surface area contributed by atoms with E-state index in [0.29, 0.717) is 18.5 Å². The van der Waals surface area contributed by atoms with E-state index in [1.807, 2.05) is 6.92 Å². The van der Waals surface area contributed by atoms with Crippen LogP contribution in [0.15, 0.2) is 24.7 Å². The number of aliphatic hydroxyl groups is 3. The number of rotatable bonds is 8. The zero-order valence-corrected chi connectivity index (χ0v) is 23.0. The number of halogens is 3. The van der Waals surface area contributed by atoms with Gasteiger partial charge in [-0.25, -0.2) is 22.8 Å². The molecule has 0 unspecified atom stereocenters. The number of aryl methyl sites for hydroxylation is 1. The van der Waals surface area contributed by atoms with Crippen LogP contribution in [0, 0.1) is 24.4 Å². The lowest BCUT2D eigenvalue weighted by Gasteiger charge is -2.46. The molecule has 5 rings (SSSR count). The fraction of sp³-hybridized carbons (Fsp3) is 0.556. The van der Waals surface area contributed by atoms with E-state index in [4.69, 9.17) is 9.47 Å². The molecule has 2 fully saturated rings. The molecule has 3 aromatic rings. The summed E-state index contributed by atoms with van der Waals surface area (Å²) in [6.45, 7) is 1.23. The zero-order chi connectivity index (χ0) is 30.1. The number of hydrogen-bond acceptors (Lipinski definition) is 9. The number of imidazole rings is 1. The molecule has 228 valence electrons. The molecule has 2 aliphatic rings. The Labute approximate surface area is 239 Å². The lowest BCUT2D eigenvalue weighted by Crippen LogP contribution is -2.62. The standard InChI is InChI=1S/C27H33F3N6O6/c1-13-17(32-12-31-13)9-35(19-5-3-4-6-20(19)38)27(40)26-25(41-2)23(24(39)21(11-37)42-26)36-10-18(33-34-36)14-7-15(28)22(30)16(29)8-14/h7-8,10,12,19-21,23-26,37-39H,3-6,9,11H2,1-2H3,(H,31,32)/t19-,20-,21+,23-,24-,25+,26+/m0/s1. The van der Waals surface area contributed by atoms with Crippen LogP contribution in [-0.2, 0) is 20.8 Å². The lowest BCUT2D eigenvalue weighted by molar-refractivity contribution is -0.219. The quantitative estimate of drug-likeness (QED) is 0.283. The smallest absolute Gasteiger partial charge is 0.255 e. The van der Waals surface area contributed by atoms with E-state index in [1.54, 1.807) is 0 Å². The molecule has 0 spiro atoms. The summed E-state index contributed by atoms with van der Waals surface area (Å²) in [5, 5.41) is 40.0. The molecule has 0 radical (unpaired) electrons. The van der Waals surface area contributed by atoms with Gasteiger partial charge in [-0.3, -0.25) is 4.79 Å². The van der Waals surface area contributed by atoms with E-state index in [-0.39, 0.29) is 17.8 Å². The van der Waals surface area contributed by atoms with Gasteiger partial charge in [0.2, 0.25) is 0 Å². The van der Waals surface area contributed by atoms with Crippen molar-refractivity contribution in [3.63, 3.8) is 0 Å². The molecule has 15 heteroatoms. The number of nitrogens with one attached hydrogen (secondary N) is 1. The van der Waals surface area contributed by atoms with Gasteiger partial charge in [-0.15, -0.1) is 5.10 Å². The van der Waals surface area contributed by atoms with Crippen LogP contribution >= 0.6 is 0 Å². The second-order valence-electron chi connectivity index (χ2n) is 10.7. The van der Waals surface area contributed by atoms with Gasteiger partial charge in [0.15, 0.2) is 23.6 Å². The molecule has 3 heterocycles. The first-order valence-corrected chi connectivity index (χ1v) is 13.7.